The predicted octanol–water partition coefficient (Wildman–Crippen LogP) is 3.01. The van der Waals surface area contributed by atoms with Gasteiger partial charge in [0.2, 0.25) is 5.91 Å². The fourth-order valence-electron chi connectivity index (χ4n) is 1.88. The summed E-state index contributed by atoms with van der Waals surface area (Å²) < 4.78 is 1.65. The van der Waals surface area contributed by atoms with Crippen molar-refractivity contribution in [2.45, 2.75) is 13.8 Å². The van der Waals surface area contributed by atoms with Crippen LogP contribution in [-0.2, 0) is 11.8 Å². The lowest BCUT2D eigenvalue weighted by Gasteiger charge is -2.03. The molecule has 2 rings (SSSR count). The minimum Gasteiger partial charge on any atom is -0.311 e. The highest BCUT2D eigenvalue weighted by molar-refractivity contribution is 6.33. The van der Waals surface area contributed by atoms with Crippen molar-refractivity contribution in [3.8, 4) is 11.3 Å². The van der Waals surface area contributed by atoms with Crippen LogP contribution in [0.5, 0.6) is 0 Å². The zero-order valence-electron chi connectivity index (χ0n) is 10.5. The first-order chi connectivity index (χ1) is 8.50. The number of rotatable bonds is 2. The van der Waals surface area contributed by atoms with Crippen LogP contribution in [-0.4, -0.2) is 15.7 Å². The maximum absolute atomic E-state index is 11.2. The fourth-order valence-corrected chi connectivity index (χ4v) is 2.11. The topological polar surface area (TPSA) is 46.9 Å². The highest BCUT2D eigenvalue weighted by Crippen LogP contribution is 2.32. The molecular formula is C13H14ClN3O. The molecule has 0 aliphatic carbocycles. The lowest BCUT2D eigenvalue weighted by molar-refractivity contribution is -0.114. The van der Waals surface area contributed by atoms with Gasteiger partial charge in [0.25, 0.3) is 0 Å². The Morgan fingerprint density at radius 1 is 1.39 bits per heavy atom. The number of hydrogen-bond acceptors (Lipinski definition) is 2. The fraction of sp³-hybridized carbons (Fsp3) is 0.231. The molecule has 18 heavy (non-hydrogen) atoms. The molecule has 1 N–H and O–H groups in total. The third-order valence-corrected chi connectivity index (χ3v) is 3.04. The Bertz CT molecular complexity index is 604. The van der Waals surface area contributed by atoms with Gasteiger partial charge in [-0.1, -0.05) is 29.8 Å². The molecule has 0 atom stereocenters. The van der Waals surface area contributed by atoms with Gasteiger partial charge >= 0.3 is 0 Å². The summed E-state index contributed by atoms with van der Waals surface area (Å²) in [5.41, 5.74) is 2.55. The van der Waals surface area contributed by atoms with Crippen LogP contribution in [0.4, 0.5) is 5.82 Å². The molecule has 1 amide bonds. The Balaban J connectivity index is 2.54. The second-order valence-electron chi connectivity index (χ2n) is 4.11. The minimum atomic E-state index is -0.119. The van der Waals surface area contributed by atoms with Crippen molar-refractivity contribution >= 4 is 23.3 Å². The van der Waals surface area contributed by atoms with Crippen LogP contribution in [0.2, 0.25) is 5.02 Å². The maximum atomic E-state index is 11.2. The van der Waals surface area contributed by atoms with E-state index in [0.29, 0.717) is 10.8 Å². The number of halogens is 1. The Labute approximate surface area is 111 Å². The molecule has 5 heteroatoms. The standard InChI is InChI=1S/C13H14ClN3O/c1-8-12(10-6-4-5-7-11(10)14)16-17(3)13(8)15-9(2)18/h4-7H,1-3H3,(H,15,18). The highest BCUT2D eigenvalue weighted by atomic mass is 35.5. The van der Waals surface area contributed by atoms with E-state index in [2.05, 4.69) is 10.4 Å². The molecule has 2 aromatic rings. The summed E-state index contributed by atoms with van der Waals surface area (Å²) in [6, 6.07) is 7.52. The van der Waals surface area contributed by atoms with Crippen LogP contribution < -0.4 is 5.32 Å². The number of amides is 1. The van der Waals surface area contributed by atoms with E-state index in [0.717, 1.165) is 16.8 Å². The van der Waals surface area contributed by atoms with E-state index in [9.17, 15) is 4.79 Å². The molecule has 0 spiro atoms. The number of benzene rings is 1. The van der Waals surface area contributed by atoms with Crippen molar-refractivity contribution < 1.29 is 4.79 Å². The van der Waals surface area contributed by atoms with Crippen molar-refractivity contribution in [3.63, 3.8) is 0 Å². The summed E-state index contributed by atoms with van der Waals surface area (Å²) in [4.78, 5) is 11.2. The third kappa shape index (κ3) is 2.24. The van der Waals surface area contributed by atoms with Gasteiger partial charge < -0.3 is 5.32 Å². The number of carbonyl (C=O) groups excluding carboxylic acids is 1. The molecule has 0 saturated heterocycles. The maximum Gasteiger partial charge on any atom is 0.222 e. The normalized spacial score (nSPS) is 10.4. The molecule has 0 radical (unpaired) electrons. The van der Waals surface area contributed by atoms with Crippen LogP contribution in [0, 0.1) is 6.92 Å². The van der Waals surface area contributed by atoms with E-state index >= 15 is 0 Å². The average Bonchev–Trinajstić information content (AvgIpc) is 2.57. The second-order valence-corrected chi connectivity index (χ2v) is 4.51. The molecule has 0 fully saturated rings. The van der Waals surface area contributed by atoms with Crippen molar-refractivity contribution in [1.29, 1.82) is 0 Å². The Morgan fingerprint density at radius 2 is 2.06 bits per heavy atom. The molecule has 94 valence electrons. The zero-order valence-corrected chi connectivity index (χ0v) is 11.2. The highest BCUT2D eigenvalue weighted by Gasteiger charge is 2.16. The molecular weight excluding hydrogens is 250 g/mol. The first-order valence-corrected chi connectivity index (χ1v) is 5.94. The Kier molecular flexibility index (Phi) is 3.39. The van der Waals surface area contributed by atoms with Gasteiger partial charge in [0.15, 0.2) is 0 Å². The van der Waals surface area contributed by atoms with Gasteiger partial charge in [-0.05, 0) is 13.0 Å². The predicted molar refractivity (Wildman–Crippen MR) is 72.7 cm³/mol. The molecule has 0 bridgehead atoms. The van der Waals surface area contributed by atoms with E-state index in [1.807, 2.05) is 31.2 Å². The van der Waals surface area contributed by atoms with E-state index < -0.39 is 0 Å². The SMILES string of the molecule is CC(=O)Nc1c(C)c(-c2ccccc2Cl)nn1C. The van der Waals surface area contributed by atoms with Gasteiger partial charge in [-0.15, -0.1) is 0 Å². The van der Waals surface area contributed by atoms with Gasteiger partial charge in [0, 0.05) is 25.1 Å². The van der Waals surface area contributed by atoms with Gasteiger partial charge in [0.05, 0.1) is 10.7 Å². The van der Waals surface area contributed by atoms with Gasteiger partial charge in [-0.25, -0.2) is 0 Å². The van der Waals surface area contributed by atoms with E-state index in [1.54, 1.807) is 11.7 Å². The van der Waals surface area contributed by atoms with Crippen LogP contribution >= 0.6 is 11.6 Å². The minimum absolute atomic E-state index is 0.119. The van der Waals surface area contributed by atoms with Crippen LogP contribution in [0.15, 0.2) is 24.3 Å². The Morgan fingerprint density at radius 3 is 2.67 bits per heavy atom. The van der Waals surface area contributed by atoms with Crippen molar-refractivity contribution in [3.05, 3.63) is 34.9 Å². The summed E-state index contributed by atoms with van der Waals surface area (Å²) in [6.07, 6.45) is 0. The average molecular weight is 264 g/mol. The molecule has 0 unspecified atom stereocenters. The monoisotopic (exact) mass is 263 g/mol. The zero-order chi connectivity index (χ0) is 13.3. The molecule has 0 saturated carbocycles. The molecule has 0 aliphatic heterocycles. The van der Waals surface area contributed by atoms with E-state index in [-0.39, 0.29) is 5.91 Å². The van der Waals surface area contributed by atoms with Gasteiger partial charge in [0.1, 0.15) is 5.82 Å². The van der Waals surface area contributed by atoms with Gasteiger partial charge in [-0.3, -0.25) is 9.48 Å². The summed E-state index contributed by atoms with van der Waals surface area (Å²) in [5.74, 6) is 0.573. The second kappa shape index (κ2) is 4.82. The number of hydrogen-bond donors (Lipinski definition) is 1. The van der Waals surface area contributed by atoms with E-state index in [4.69, 9.17) is 11.6 Å². The summed E-state index contributed by atoms with van der Waals surface area (Å²) in [5, 5.41) is 7.83. The summed E-state index contributed by atoms with van der Waals surface area (Å²) in [7, 11) is 1.79. The molecule has 1 heterocycles. The number of aryl methyl sites for hydroxylation is 1. The number of anilines is 1. The molecule has 1 aromatic carbocycles. The van der Waals surface area contributed by atoms with Crippen molar-refractivity contribution in [1.82, 2.24) is 9.78 Å². The van der Waals surface area contributed by atoms with Crippen molar-refractivity contribution in [2.24, 2.45) is 7.05 Å². The summed E-state index contributed by atoms with van der Waals surface area (Å²) >= 11 is 6.16. The lowest BCUT2D eigenvalue weighted by Crippen LogP contribution is -2.10. The van der Waals surface area contributed by atoms with Gasteiger partial charge in [-0.2, -0.15) is 5.10 Å². The van der Waals surface area contributed by atoms with Crippen molar-refractivity contribution in [2.75, 3.05) is 5.32 Å². The first-order valence-electron chi connectivity index (χ1n) is 5.56. The number of aromatic nitrogens is 2. The molecule has 4 nitrogen and oxygen atoms in total. The quantitative estimate of drug-likeness (QED) is 0.905. The molecule has 1 aromatic heterocycles. The first kappa shape index (κ1) is 12.6. The van der Waals surface area contributed by atoms with Crippen LogP contribution in [0.3, 0.4) is 0 Å². The lowest BCUT2D eigenvalue weighted by atomic mass is 10.1. The molecule has 0 aliphatic rings. The number of carbonyl (C=O) groups is 1. The Hall–Kier alpha value is -1.81. The smallest absolute Gasteiger partial charge is 0.222 e. The number of nitrogens with one attached hydrogen (secondary N) is 1. The van der Waals surface area contributed by atoms with Crippen LogP contribution in [0.25, 0.3) is 11.3 Å². The van der Waals surface area contributed by atoms with Crippen LogP contribution in [0.1, 0.15) is 12.5 Å². The third-order valence-electron chi connectivity index (χ3n) is 2.71. The summed E-state index contributed by atoms with van der Waals surface area (Å²) in [6.45, 7) is 3.39. The largest absolute Gasteiger partial charge is 0.311 e. The van der Waals surface area contributed by atoms with E-state index in [1.165, 1.54) is 6.92 Å². The number of nitrogens with zero attached hydrogens (tertiary/aromatic N) is 2.